The summed E-state index contributed by atoms with van der Waals surface area (Å²) in [6.07, 6.45) is 1.49. The standard InChI is InChI=1S/C4H11O3P.H3O4P/c1-2-3-4-8(5,6)7;1-5(2,3)4/h2-4H2,1H3,(H2,5,6,7);(H3,1,2,3,4). The van der Waals surface area contributed by atoms with Gasteiger partial charge >= 0.3 is 15.4 Å². The summed E-state index contributed by atoms with van der Waals surface area (Å²) in [5, 5.41) is 0. The van der Waals surface area contributed by atoms with E-state index >= 15 is 0 Å². The molecule has 0 atom stereocenters. The van der Waals surface area contributed by atoms with Gasteiger partial charge in [-0.2, -0.15) is 0 Å². The Balaban J connectivity index is 0. The summed E-state index contributed by atoms with van der Waals surface area (Å²) in [6.45, 7) is 1.90. The maximum Gasteiger partial charge on any atom is 0.466 e. The van der Waals surface area contributed by atoms with Crippen LogP contribution < -0.4 is 0 Å². The van der Waals surface area contributed by atoms with E-state index in [-0.39, 0.29) is 6.16 Å². The number of phosphoric acid groups is 1. The summed E-state index contributed by atoms with van der Waals surface area (Å²) in [5.41, 5.74) is 0. The molecule has 82 valence electrons. The van der Waals surface area contributed by atoms with Gasteiger partial charge in [-0.15, -0.1) is 0 Å². The zero-order valence-electron chi connectivity index (χ0n) is 7.07. The van der Waals surface area contributed by atoms with Gasteiger partial charge in [0, 0.05) is 6.16 Å². The molecule has 0 aromatic rings. The average molecular weight is 236 g/mol. The number of unbranched alkanes of at least 4 members (excludes halogenated alkanes) is 1. The molecule has 5 N–H and O–H groups in total. The first-order valence-electron chi connectivity index (χ1n) is 3.39. The molecule has 0 aliphatic carbocycles. The van der Waals surface area contributed by atoms with Crippen LogP contribution in [0.5, 0.6) is 0 Å². The van der Waals surface area contributed by atoms with Crippen molar-refractivity contribution in [1.29, 1.82) is 0 Å². The molecule has 0 aromatic heterocycles. The van der Waals surface area contributed by atoms with Crippen molar-refractivity contribution in [2.75, 3.05) is 6.16 Å². The highest BCUT2D eigenvalue weighted by atomic mass is 31.2. The SMILES string of the molecule is CCCCP(=O)(O)O.O=P(O)(O)O. The molecule has 0 fully saturated rings. The molecule has 0 aliphatic heterocycles. The lowest BCUT2D eigenvalue weighted by atomic mass is 10.4. The second kappa shape index (κ2) is 6.68. The van der Waals surface area contributed by atoms with Gasteiger partial charge in [-0.25, -0.2) is 4.57 Å². The molecule has 0 heterocycles. The highest BCUT2D eigenvalue weighted by Gasteiger charge is 2.09. The van der Waals surface area contributed by atoms with Crippen LogP contribution in [0.3, 0.4) is 0 Å². The van der Waals surface area contributed by atoms with Crippen LogP contribution in [0.25, 0.3) is 0 Å². The van der Waals surface area contributed by atoms with E-state index in [1.807, 2.05) is 6.92 Å². The third-order valence-electron chi connectivity index (χ3n) is 0.803. The van der Waals surface area contributed by atoms with Gasteiger partial charge in [0.2, 0.25) is 0 Å². The lowest BCUT2D eigenvalue weighted by Gasteiger charge is -1.98. The Kier molecular flexibility index (Phi) is 8.07. The first-order valence-corrected chi connectivity index (χ1v) is 6.75. The molecule has 0 unspecified atom stereocenters. The van der Waals surface area contributed by atoms with E-state index in [1.54, 1.807) is 0 Å². The molecule has 0 saturated carbocycles. The van der Waals surface area contributed by atoms with E-state index in [0.717, 1.165) is 6.42 Å². The van der Waals surface area contributed by atoms with Gasteiger partial charge < -0.3 is 24.5 Å². The molecule has 0 spiro atoms. The minimum Gasteiger partial charge on any atom is -0.324 e. The fourth-order valence-electron chi connectivity index (χ4n) is 0.364. The van der Waals surface area contributed by atoms with Gasteiger partial charge in [-0.05, 0) is 6.42 Å². The van der Waals surface area contributed by atoms with Crippen molar-refractivity contribution < 1.29 is 33.6 Å². The molecule has 0 radical (unpaired) electrons. The fourth-order valence-corrected chi connectivity index (χ4v) is 1.09. The van der Waals surface area contributed by atoms with Crippen LogP contribution in [0, 0.1) is 0 Å². The largest absolute Gasteiger partial charge is 0.466 e. The maximum absolute atomic E-state index is 10.1. The Morgan fingerprint density at radius 2 is 1.31 bits per heavy atom. The molecular weight excluding hydrogens is 222 g/mol. The number of hydrogen-bond donors (Lipinski definition) is 5. The quantitative estimate of drug-likeness (QED) is 0.436. The van der Waals surface area contributed by atoms with E-state index in [4.69, 9.17) is 29.0 Å². The minimum atomic E-state index is -4.64. The zero-order valence-corrected chi connectivity index (χ0v) is 8.86. The fraction of sp³-hybridized carbons (Fsp3) is 1.00. The monoisotopic (exact) mass is 236 g/mol. The van der Waals surface area contributed by atoms with Crippen molar-refractivity contribution in [2.24, 2.45) is 0 Å². The molecule has 0 saturated heterocycles. The minimum absolute atomic E-state index is 0.0312. The highest BCUT2D eigenvalue weighted by Crippen LogP contribution is 2.35. The summed E-state index contributed by atoms with van der Waals surface area (Å²) in [7, 11) is -8.32. The van der Waals surface area contributed by atoms with Gasteiger partial charge in [-0.3, -0.25) is 4.57 Å². The van der Waals surface area contributed by atoms with Crippen LogP contribution in [-0.4, -0.2) is 30.6 Å². The van der Waals surface area contributed by atoms with Crippen LogP contribution >= 0.6 is 15.4 Å². The van der Waals surface area contributed by atoms with Gasteiger partial charge in [0.05, 0.1) is 0 Å². The van der Waals surface area contributed by atoms with Crippen LogP contribution in [0.4, 0.5) is 0 Å². The summed E-state index contributed by atoms with van der Waals surface area (Å²) in [4.78, 5) is 38.1. The Labute approximate surface area is 75.8 Å². The lowest BCUT2D eigenvalue weighted by Crippen LogP contribution is -1.84. The zero-order chi connectivity index (χ0) is 11.1. The number of rotatable bonds is 3. The summed E-state index contributed by atoms with van der Waals surface area (Å²) < 4.78 is 19.0. The van der Waals surface area contributed by atoms with E-state index in [1.165, 1.54) is 0 Å². The van der Waals surface area contributed by atoms with E-state index in [0.29, 0.717) is 6.42 Å². The van der Waals surface area contributed by atoms with Gasteiger partial charge in [0.15, 0.2) is 0 Å². The van der Waals surface area contributed by atoms with Crippen molar-refractivity contribution in [3.63, 3.8) is 0 Å². The average Bonchev–Trinajstić information content (AvgIpc) is 1.77. The second-order valence-electron chi connectivity index (χ2n) is 2.26. The summed E-state index contributed by atoms with van der Waals surface area (Å²) in [5.74, 6) is 0. The second-order valence-corrected chi connectivity index (χ2v) is 5.06. The smallest absolute Gasteiger partial charge is 0.324 e. The Morgan fingerprint density at radius 1 is 1.00 bits per heavy atom. The first kappa shape index (κ1) is 15.7. The number of hydrogen-bond acceptors (Lipinski definition) is 2. The third kappa shape index (κ3) is 46.6. The Morgan fingerprint density at radius 3 is 1.38 bits per heavy atom. The van der Waals surface area contributed by atoms with Crippen molar-refractivity contribution in [3.05, 3.63) is 0 Å². The summed E-state index contributed by atoms with van der Waals surface area (Å²) >= 11 is 0. The summed E-state index contributed by atoms with van der Waals surface area (Å²) in [6, 6.07) is 0. The molecule has 0 aromatic carbocycles. The topological polar surface area (TPSA) is 135 Å². The Bertz CT molecular complexity index is 194. The highest BCUT2D eigenvalue weighted by molar-refractivity contribution is 7.51. The molecule has 0 aliphatic rings. The first-order chi connectivity index (χ1) is 5.56. The van der Waals surface area contributed by atoms with Crippen LogP contribution in [0.2, 0.25) is 0 Å². The van der Waals surface area contributed by atoms with Gasteiger partial charge in [-0.1, -0.05) is 13.3 Å². The van der Waals surface area contributed by atoms with Crippen molar-refractivity contribution in [3.8, 4) is 0 Å². The van der Waals surface area contributed by atoms with Gasteiger partial charge in [0.1, 0.15) is 0 Å². The maximum atomic E-state index is 10.1. The molecule has 9 heteroatoms. The van der Waals surface area contributed by atoms with Crippen molar-refractivity contribution >= 4 is 15.4 Å². The van der Waals surface area contributed by atoms with Crippen molar-refractivity contribution in [2.45, 2.75) is 19.8 Å². The molecule has 0 amide bonds. The Hall–Kier alpha value is 0.260. The molecular formula is C4H14O7P2. The van der Waals surface area contributed by atoms with Gasteiger partial charge in [0.25, 0.3) is 0 Å². The normalized spacial score (nSPS) is 11.8. The van der Waals surface area contributed by atoms with Crippen LogP contribution in [-0.2, 0) is 9.13 Å². The molecule has 7 nitrogen and oxygen atoms in total. The van der Waals surface area contributed by atoms with E-state index in [2.05, 4.69) is 0 Å². The lowest BCUT2D eigenvalue weighted by molar-refractivity contribution is 0.275. The van der Waals surface area contributed by atoms with E-state index < -0.39 is 15.4 Å². The predicted octanol–water partition coefficient (Wildman–Crippen LogP) is 0.0356. The predicted molar refractivity (Wildman–Crippen MR) is 46.1 cm³/mol. The van der Waals surface area contributed by atoms with Crippen LogP contribution in [0.1, 0.15) is 19.8 Å². The molecule has 13 heavy (non-hydrogen) atoms. The molecule has 0 rings (SSSR count). The van der Waals surface area contributed by atoms with Crippen molar-refractivity contribution in [1.82, 2.24) is 0 Å². The van der Waals surface area contributed by atoms with E-state index in [9.17, 15) is 4.57 Å². The van der Waals surface area contributed by atoms with Crippen LogP contribution in [0.15, 0.2) is 0 Å². The molecule has 0 bridgehead atoms. The third-order valence-corrected chi connectivity index (χ3v) is 1.70.